The maximum Gasteiger partial charge on any atom is 0.221 e. The van der Waals surface area contributed by atoms with E-state index in [0.717, 1.165) is 37.4 Å². The average molecular weight is 344 g/mol. The number of carbonyl (C=O) groups excluding carboxylic acids is 1. The second-order valence-electron chi connectivity index (χ2n) is 7.17. The van der Waals surface area contributed by atoms with Crippen LogP contribution in [0.15, 0.2) is 24.4 Å². The maximum absolute atomic E-state index is 12.4. The van der Waals surface area contributed by atoms with Crippen molar-refractivity contribution in [1.29, 1.82) is 0 Å². The summed E-state index contributed by atoms with van der Waals surface area (Å²) < 4.78 is 5.62. The third kappa shape index (κ3) is 5.09. The highest BCUT2D eigenvalue weighted by Crippen LogP contribution is 2.16. The number of rotatable bonds is 6. The highest BCUT2D eigenvalue weighted by Gasteiger charge is 2.27. The zero-order valence-electron chi connectivity index (χ0n) is 15.1. The molecule has 1 aliphatic heterocycles. The number of hydrogen-bond acceptors (Lipinski definition) is 5. The first-order valence-electron chi connectivity index (χ1n) is 9.20. The van der Waals surface area contributed by atoms with E-state index in [1.165, 1.54) is 0 Å². The zero-order valence-corrected chi connectivity index (χ0v) is 15.1. The third-order valence-corrected chi connectivity index (χ3v) is 4.76. The van der Waals surface area contributed by atoms with Crippen molar-refractivity contribution in [2.45, 2.75) is 57.7 Å². The van der Waals surface area contributed by atoms with Crippen LogP contribution in [-0.4, -0.2) is 52.6 Å². The Morgan fingerprint density at radius 2 is 2.20 bits per heavy atom. The molecule has 1 aromatic heterocycles. The summed E-state index contributed by atoms with van der Waals surface area (Å²) in [6.07, 6.45) is 8.43. The van der Waals surface area contributed by atoms with Gasteiger partial charge in [-0.3, -0.25) is 9.69 Å². The molecule has 1 fully saturated rings. The number of amides is 1. The average Bonchev–Trinajstić information content (AvgIpc) is 3.10. The Kier molecular flexibility index (Phi) is 6.15. The zero-order chi connectivity index (χ0) is 17.6. The Labute approximate surface area is 149 Å². The van der Waals surface area contributed by atoms with Crippen molar-refractivity contribution in [3.8, 4) is 0 Å². The second kappa shape index (κ2) is 8.54. The van der Waals surface area contributed by atoms with Crippen molar-refractivity contribution in [2.75, 3.05) is 19.8 Å². The van der Waals surface area contributed by atoms with Gasteiger partial charge in [0.2, 0.25) is 5.91 Å². The van der Waals surface area contributed by atoms with Gasteiger partial charge in [-0.2, -0.15) is 0 Å². The van der Waals surface area contributed by atoms with Crippen LogP contribution >= 0.6 is 0 Å². The monoisotopic (exact) mass is 344 g/mol. The molecule has 0 bridgehead atoms. The Hall–Kier alpha value is -1.79. The molecule has 0 spiro atoms. The van der Waals surface area contributed by atoms with Crippen LogP contribution in [0.2, 0.25) is 0 Å². The first-order valence-corrected chi connectivity index (χ1v) is 9.20. The number of ether oxygens (including phenoxy) is 1. The van der Waals surface area contributed by atoms with Crippen molar-refractivity contribution in [3.63, 3.8) is 0 Å². The fraction of sp³-hybridized carbons (Fsp3) is 0.632. The van der Waals surface area contributed by atoms with E-state index >= 15 is 0 Å². The van der Waals surface area contributed by atoms with Crippen LogP contribution in [0.5, 0.6) is 0 Å². The second-order valence-corrected chi connectivity index (χ2v) is 7.17. The van der Waals surface area contributed by atoms with Crippen LogP contribution in [-0.2, 0) is 16.1 Å². The van der Waals surface area contributed by atoms with Crippen LogP contribution in [0.3, 0.4) is 0 Å². The minimum Gasteiger partial charge on any atom is -0.378 e. The molecule has 0 aromatic carbocycles. The van der Waals surface area contributed by atoms with E-state index in [-0.39, 0.29) is 18.0 Å². The van der Waals surface area contributed by atoms with E-state index in [1.54, 1.807) is 0 Å². The number of nitrogens with one attached hydrogen (secondary N) is 1. The fourth-order valence-electron chi connectivity index (χ4n) is 3.31. The van der Waals surface area contributed by atoms with Gasteiger partial charge in [-0.05, 0) is 18.9 Å². The molecule has 1 amide bonds. The largest absolute Gasteiger partial charge is 0.378 e. The van der Waals surface area contributed by atoms with Crippen molar-refractivity contribution < 1.29 is 9.53 Å². The van der Waals surface area contributed by atoms with Gasteiger partial charge in [-0.15, -0.1) is 0 Å². The highest BCUT2D eigenvalue weighted by atomic mass is 16.5. The first-order chi connectivity index (χ1) is 12.1. The topological polar surface area (TPSA) is 67.4 Å². The van der Waals surface area contributed by atoms with Gasteiger partial charge in [0.15, 0.2) is 0 Å². The summed E-state index contributed by atoms with van der Waals surface area (Å²) in [5.74, 6) is 1.29. The molecule has 6 nitrogen and oxygen atoms in total. The minimum absolute atomic E-state index is 0.0978. The van der Waals surface area contributed by atoms with Gasteiger partial charge in [0.25, 0.3) is 0 Å². The Morgan fingerprint density at radius 1 is 1.40 bits per heavy atom. The lowest BCUT2D eigenvalue weighted by molar-refractivity contribution is -0.125. The van der Waals surface area contributed by atoms with E-state index in [0.29, 0.717) is 25.6 Å². The van der Waals surface area contributed by atoms with Gasteiger partial charge in [0, 0.05) is 43.7 Å². The van der Waals surface area contributed by atoms with Crippen LogP contribution in [0.4, 0.5) is 0 Å². The van der Waals surface area contributed by atoms with E-state index in [9.17, 15) is 4.79 Å². The molecule has 2 heterocycles. The van der Waals surface area contributed by atoms with E-state index in [4.69, 9.17) is 4.74 Å². The summed E-state index contributed by atoms with van der Waals surface area (Å²) in [6, 6.07) is 2.32. The molecule has 1 N–H and O–H groups in total. The standard InChI is InChI=1S/C19H28N4O2/c1-14(2)19-20-8-7-16(22-19)12-23-9-10-25-13-17(23)11-18(24)21-15-5-3-4-6-15/h3-4,7-8,14-15,17H,5-6,9-13H2,1-2H3,(H,21,24)/t17-/m1/s1. The van der Waals surface area contributed by atoms with E-state index in [2.05, 4.69) is 46.2 Å². The molecule has 0 unspecified atom stereocenters. The summed E-state index contributed by atoms with van der Waals surface area (Å²) in [7, 11) is 0. The normalized spacial score (nSPS) is 21.8. The van der Waals surface area contributed by atoms with Crippen LogP contribution in [0.25, 0.3) is 0 Å². The maximum atomic E-state index is 12.4. The number of aromatic nitrogens is 2. The van der Waals surface area contributed by atoms with Gasteiger partial charge in [-0.1, -0.05) is 26.0 Å². The number of carbonyl (C=O) groups is 1. The summed E-state index contributed by atoms with van der Waals surface area (Å²) >= 11 is 0. The third-order valence-electron chi connectivity index (χ3n) is 4.76. The Balaban J connectivity index is 1.58. The van der Waals surface area contributed by atoms with Gasteiger partial charge >= 0.3 is 0 Å². The van der Waals surface area contributed by atoms with Gasteiger partial charge in [-0.25, -0.2) is 9.97 Å². The summed E-state index contributed by atoms with van der Waals surface area (Å²) in [5.41, 5.74) is 1.01. The summed E-state index contributed by atoms with van der Waals surface area (Å²) in [4.78, 5) is 23.7. The molecule has 1 aliphatic carbocycles. The SMILES string of the molecule is CC(C)c1nccc(CN2CCOC[C@H]2CC(=O)NC2CC=CC2)n1. The predicted molar refractivity (Wildman–Crippen MR) is 96.1 cm³/mol. The van der Waals surface area contributed by atoms with Gasteiger partial charge in [0.1, 0.15) is 5.82 Å². The van der Waals surface area contributed by atoms with Gasteiger partial charge in [0.05, 0.1) is 18.9 Å². The lowest BCUT2D eigenvalue weighted by atomic mass is 10.1. The lowest BCUT2D eigenvalue weighted by Gasteiger charge is -2.35. The predicted octanol–water partition coefficient (Wildman–Crippen LogP) is 2.03. The minimum atomic E-state index is 0.0978. The van der Waals surface area contributed by atoms with E-state index in [1.807, 2.05) is 12.3 Å². The molecule has 0 saturated carbocycles. The molecule has 25 heavy (non-hydrogen) atoms. The van der Waals surface area contributed by atoms with Crippen molar-refractivity contribution in [2.24, 2.45) is 0 Å². The highest BCUT2D eigenvalue weighted by molar-refractivity contribution is 5.77. The van der Waals surface area contributed by atoms with Crippen molar-refractivity contribution in [3.05, 3.63) is 35.9 Å². The molecule has 6 heteroatoms. The number of nitrogens with zero attached hydrogens (tertiary/aromatic N) is 3. The molecule has 3 rings (SSSR count). The molecule has 1 aromatic rings. The molecule has 136 valence electrons. The van der Waals surface area contributed by atoms with Crippen LogP contribution < -0.4 is 5.32 Å². The summed E-state index contributed by atoms with van der Waals surface area (Å²) in [5, 5.41) is 3.13. The van der Waals surface area contributed by atoms with Crippen LogP contribution in [0, 0.1) is 0 Å². The molecular formula is C19H28N4O2. The molecule has 0 radical (unpaired) electrons. The quantitative estimate of drug-likeness (QED) is 0.800. The van der Waals surface area contributed by atoms with E-state index < -0.39 is 0 Å². The summed E-state index contributed by atoms with van der Waals surface area (Å²) in [6.45, 7) is 7.04. The first kappa shape index (κ1) is 18.0. The lowest BCUT2D eigenvalue weighted by Crippen LogP contribution is -2.48. The van der Waals surface area contributed by atoms with Crippen molar-refractivity contribution >= 4 is 5.91 Å². The van der Waals surface area contributed by atoms with Crippen molar-refractivity contribution in [1.82, 2.24) is 20.2 Å². The molecule has 2 aliphatic rings. The Bertz CT molecular complexity index is 609. The molecular weight excluding hydrogens is 316 g/mol. The molecule has 1 atom stereocenters. The number of hydrogen-bond donors (Lipinski definition) is 1. The van der Waals surface area contributed by atoms with Gasteiger partial charge < -0.3 is 10.1 Å². The smallest absolute Gasteiger partial charge is 0.221 e. The Morgan fingerprint density at radius 3 is 2.96 bits per heavy atom. The fourth-order valence-corrected chi connectivity index (χ4v) is 3.31. The number of morpholine rings is 1. The van der Waals surface area contributed by atoms with Crippen LogP contribution in [0.1, 0.15) is 50.5 Å². The molecule has 1 saturated heterocycles.